The molecule has 3 heterocycles. The number of rotatable bonds is 5. The van der Waals surface area contributed by atoms with Gasteiger partial charge in [0.05, 0.1) is 17.8 Å². The molecule has 9 heteroatoms. The molecular formula is C24H22F4N4O. The minimum atomic E-state index is -4.58. The molecule has 0 N–H and O–H groups in total. The van der Waals surface area contributed by atoms with Gasteiger partial charge in [-0.2, -0.15) is 13.2 Å². The Morgan fingerprint density at radius 3 is 2.58 bits per heavy atom. The van der Waals surface area contributed by atoms with Crippen LogP contribution in [0.5, 0.6) is 0 Å². The maximum absolute atomic E-state index is 13.9. The summed E-state index contributed by atoms with van der Waals surface area (Å²) in [6.07, 6.45) is 4.46. The van der Waals surface area contributed by atoms with E-state index in [0.717, 1.165) is 29.7 Å². The molecule has 1 amide bonds. The van der Waals surface area contributed by atoms with Gasteiger partial charge in [0.15, 0.2) is 0 Å². The van der Waals surface area contributed by atoms with Gasteiger partial charge in [-0.25, -0.2) is 9.37 Å². The molecule has 1 saturated heterocycles. The Morgan fingerprint density at radius 2 is 1.88 bits per heavy atom. The van der Waals surface area contributed by atoms with E-state index in [1.54, 1.807) is 17.3 Å². The van der Waals surface area contributed by atoms with Crippen molar-refractivity contribution in [2.75, 3.05) is 13.1 Å². The van der Waals surface area contributed by atoms with Gasteiger partial charge < -0.3 is 9.47 Å². The van der Waals surface area contributed by atoms with Crippen molar-refractivity contribution in [3.8, 4) is 0 Å². The molecule has 3 aromatic rings. The predicted octanol–water partition coefficient (Wildman–Crippen LogP) is 4.90. The van der Waals surface area contributed by atoms with E-state index >= 15 is 0 Å². The van der Waals surface area contributed by atoms with Crippen LogP contribution >= 0.6 is 0 Å². The highest BCUT2D eigenvalue weighted by Crippen LogP contribution is 2.31. The number of aromatic nitrogens is 3. The minimum Gasteiger partial charge on any atom is -0.339 e. The third-order valence-electron chi connectivity index (χ3n) is 5.71. The molecule has 4 rings (SSSR count). The summed E-state index contributed by atoms with van der Waals surface area (Å²) < 4.78 is 54.5. The molecule has 5 nitrogen and oxygen atoms in total. The Hall–Kier alpha value is -3.49. The summed E-state index contributed by atoms with van der Waals surface area (Å²) in [5.74, 6) is -0.0560. The van der Waals surface area contributed by atoms with E-state index in [9.17, 15) is 22.4 Å². The van der Waals surface area contributed by atoms with Gasteiger partial charge in [0.25, 0.3) is 0 Å². The quantitative estimate of drug-likeness (QED) is 0.404. The molecule has 0 atom stereocenters. The molecular weight excluding hydrogens is 436 g/mol. The monoisotopic (exact) mass is 458 g/mol. The summed E-state index contributed by atoms with van der Waals surface area (Å²) in [5, 5.41) is 0. The van der Waals surface area contributed by atoms with E-state index in [1.165, 1.54) is 0 Å². The van der Waals surface area contributed by atoms with Crippen molar-refractivity contribution in [2.45, 2.75) is 31.5 Å². The fourth-order valence-corrected chi connectivity index (χ4v) is 3.95. The molecule has 0 bridgehead atoms. The standard InChI is InChI=1S/C24H22F4N4O/c25-21-6-5-19(24(26,27)28)15-18(21)4-7-22(33)31-12-8-17(9-13-31)23-30-11-14-32(23)16-20-3-1-2-10-29-20/h1-7,10-11,14-15,17H,8-9,12-13,16H2. The number of benzene rings is 1. The van der Waals surface area contributed by atoms with Gasteiger partial charge in [0.1, 0.15) is 11.6 Å². The Kier molecular flexibility index (Phi) is 6.57. The normalized spacial score (nSPS) is 15.3. The van der Waals surface area contributed by atoms with E-state index < -0.39 is 17.6 Å². The Bertz CT molecular complexity index is 1130. The first-order valence-electron chi connectivity index (χ1n) is 10.6. The van der Waals surface area contributed by atoms with Gasteiger partial charge in [0, 0.05) is 49.2 Å². The molecule has 1 fully saturated rings. The second-order valence-corrected chi connectivity index (χ2v) is 7.90. The van der Waals surface area contributed by atoms with Crippen LogP contribution in [-0.2, 0) is 17.5 Å². The van der Waals surface area contributed by atoms with Crippen molar-refractivity contribution in [3.05, 3.63) is 89.5 Å². The van der Waals surface area contributed by atoms with Crippen LogP contribution in [0.1, 0.15) is 41.4 Å². The summed E-state index contributed by atoms with van der Waals surface area (Å²) >= 11 is 0. The average Bonchev–Trinajstić information content (AvgIpc) is 3.26. The number of carbonyl (C=O) groups is 1. The number of alkyl halides is 3. The van der Waals surface area contributed by atoms with E-state index in [-0.39, 0.29) is 17.4 Å². The fourth-order valence-electron chi connectivity index (χ4n) is 3.95. The lowest BCUT2D eigenvalue weighted by atomic mass is 9.95. The summed E-state index contributed by atoms with van der Waals surface area (Å²) in [5.41, 5.74) is -0.307. The highest BCUT2D eigenvalue weighted by atomic mass is 19.4. The van der Waals surface area contributed by atoms with E-state index in [4.69, 9.17) is 0 Å². The number of hydrogen-bond acceptors (Lipinski definition) is 3. The van der Waals surface area contributed by atoms with Gasteiger partial charge in [-0.3, -0.25) is 9.78 Å². The number of halogens is 4. The van der Waals surface area contributed by atoms with Crippen LogP contribution in [0.25, 0.3) is 6.08 Å². The molecule has 0 spiro atoms. The second kappa shape index (κ2) is 9.56. The molecule has 0 radical (unpaired) electrons. The zero-order chi connectivity index (χ0) is 23.4. The number of hydrogen-bond donors (Lipinski definition) is 0. The second-order valence-electron chi connectivity index (χ2n) is 7.90. The number of imidazole rings is 1. The van der Waals surface area contributed by atoms with Crippen molar-refractivity contribution in [1.82, 2.24) is 19.4 Å². The third kappa shape index (κ3) is 5.47. The first-order chi connectivity index (χ1) is 15.8. The summed E-state index contributed by atoms with van der Waals surface area (Å²) in [7, 11) is 0. The lowest BCUT2D eigenvalue weighted by Crippen LogP contribution is -2.37. The maximum atomic E-state index is 13.9. The van der Waals surface area contributed by atoms with Crippen LogP contribution in [-0.4, -0.2) is 38.4 Å². The van der Waals surface area contributed by atoms with E-state index in [1.807, 2.05) is 24.4 Å². The fraction of sp³-hybridized carbons (Fsp3) is 0.292. The zero-order valence-electron chi connectivity index (χ0n) is 17.7. The number of nitrogens with zero attached hydrogens (tertiary/aromatic N) is 4. The van der Waals surface area contributed by atoms with Crippen LogP contribution in [0, 0.1) is 5.82 Å². The highest BCUT2D eigenvalue weighted by Gasteiger charge is 2.31. The Balaban J connectivity index is 1.37. The highest BCUT2D eigenvalue weighted by molar-refractivity contribution is 5.91. The molecule has 2 aromatic heterocycles. The van der Waals surface area contributed by atoms with Gasteiger partial charge in [-0.15, -0.1) is 0 Å². The zero-order valence-corrected chi connectivity index (χ0v) is 17.7. The molecule has 1 aliphatic heterocycles. The maximum Gasteiger partial charge on any atom is 0.416 e. The molecule has 1 aliphatic rings. The van der Waals surface area contributed by atoms with Crippen LogP contribution in [0.3, 0.4) is 0 Å². The van der Waals surface area contributed by atoms with E-state index in [2.05, 4.69) is 14.5 Å². The Labute approximate surface area is 188 Å². The van der Waals surface area contributed by atoms with Crippen LogP contribution in [0.4, 0.5) is 17.6 Å². The van der Waals surface area contributed by atoms with Crippen molar-refractivity contribution in [1.29, 1.82) is 0 Å². The lowest BCUT2D eigenvalue weighted by molar-refractivity contribution is -0.137. The van der Waals surface area contributed by atoms with Gasteiger partial charge >= 0.3 is 6.18 Å². The summed E-state index contributed by atoms with van der Waals surface area (Å²) in [6, 6.07) is 7.88. The lowest BCUT2D eigenvalue weighted by Gasteiger charge is -2.31. The predicted molar refractivity (Wildman–Crippen MR) is 115 cm³/mol. The molecule has 0 unspecified atom stereocenters. The molecule has 0 aliphatic carbocycles. The average molecular weight is 458 g/mol. The SMILES string of the molecule is O=C(C=Cc1cc(C(F)(F)F)ccc1F)N1CCC(c2nccn2Cc2ccccn2)CC1. The first kappa shape index (κ1) is 22.7. The number of amides is 1. The van der Waals surface area contributed by atoms with Crippen molar-refractivity contribution >= 4 is 12.0 Å². The smallest absolute Gasteiger partial charge is 0.339 e. The van der Waals surface area contributed by atoms with Crippen molar-refractivity contribution < 1.29 is 22.4 Å². The summed E-state index contributed by atoms with van der Waals surface area (Å²) in [4.78, 5) is 23.0. The molecule has 33 heavy (non-hydrogen) atoms. The molecule has 0 saturated carbocycles. The number of likely N-dealkylation sites (tertiary alicyclic amines) is 1. The van der Waals surface area contributed by atoms with Gasteiger partial charge in [0.2, 0.25) is 5.91 Å². The van der Waals surface area contributed by atoms with Gasteiger partial charge in [-0.05, 0) is 49.2 Å². The van der Waals surface area contributed by atoms with Gasteiger partial charge in [-0.1, -0.05) is 6.07 Å². The third-order valence-corrected chi connectivity index (χ3v) is 5.71. The first-order valence-corrected chi connectivity index (χ1v) is 10.6. The van der Waals surface area contributed by atoms with Crippen molar-refractivity contribution in [2.24, 2.45) is 0 Å². The number of carbonyl (C=O) groups excluding carboxylic acids is 1. The van der Waals surface area contributed by atoms with Crippen LogP contribution < -0.4 is 0 Å². The minimum absolute atomic E-state index is 0.178. The topological polar surface area (TPSA) is 51.0 Å². The van der Waals surface area contributed by atoms with Crippen molar-refractivity contribution in [3.63, 3.8) is 0 Å². The molecule has 172 valence electrons. The van der Waals surface area contributed by atoms with Crippen LogP contribution in [0.15, 0.2) is 61.1 Å². The number of piperidine rings is 1. The molecule has 1 aromatic carbocycles. The Morgan fingerprint density at radius 1 is 1.09 bits per heavy atom. The summed E-state index contributed by atoms with van der Waals surface area (Å²) in [6.45, 7) is 1.57. The van der Waals surface area contributed by atoms with Crippen LogP contribution in [0.2, 0.25) is 0 Å². The van der Waals surface area contributed by atoms with E-state index in [0.29, 0.717) is 44.6 Å². The largest absolute Gasteiger partial charge is 0.416 e. The number of pyridine rings is 1.